The van der Waals surface area contributed by atoms with E-state index in [0.29, 0.717) is 11.3 Å². The number of aromatic nitrogens is 1. The van der Waals surface area contributed by atoms with Gasteiger partial charge in [-0.1, -0.05) is 11.6 Å². The SMILES string of the molecule is COC(=O)CNC(=O)c1cc2cc(C)ccc2nc1C. The molecule has 0 spiro atoms. The van der Waals surface area contributed by atoms with Crippen LogP contribution in [0.1, 0.15) is 21.6 Å². The summed E-state index contributed by atoms with van der Waals surface area (Å²) in [4.78, 5) is 27.5. The quantitative estimate of drug-likeness (QED) is 0.864. The molecule has 1 heterocycles. The Balaban J connectivity index is 2.31. The van der Waals surface area contributed by atoms with Gasteiger partial charge >= 0.3 is 5.97 Å². The first-order valence-electron chi connectivity index (χ1n) is 6.24. The fourth-order valence-electron chi connectivity index (χ4n) is 1.94. The molecule has 1 amide bonds. The van der Waals surface area contributed by atoms with Crippen LogP contribution in [0.4, 0.5) is 0 Å². The Morgan fingerprint density at radius 3 is 2.70 bits per heavy atom. The molecule has 5 nitrogen and oxygen atoms in total. The number of ether oxygens (including phenoxy) is 1. The Bertz CT molecular complexity index is 680. The van der Waals surface area contributed by atoms with E-state index in [-0.39, 0.29) is 12.5 Å². The van der Waals surface area contributed by atoms with Crippen molar-refractivity contribution in [3.05, 3.63) is 41.1 Å². The molecule has 5 heteroatoms. The lowest BCUT2D eigenvalue weighted by atomic mass is 10.1. The van der Waals surface area contributed by atoms with Gasteiger partial charge in [0.25, 0.3) is 5.91 Å². The second-order valence-corrected chi connectivity index (χ2v) is 4.58. The maximum atomic E-state index is 12.1. The predicted octanol–water partition coefficient (Wildman–Crippen LogP) is 1.75. The molecule has 0 fully saturated rings. The van der Waals surface area contributed by atoms with Gasteiger partial charge in [-0.15, -0.1) is 0 Å². The number of amides is 1. The minimum atomic E-state index is -0.486. The summed E-state index contributed by atoms with van der Waals surface area (Å²) in [6.07, 6.45) is 0. The first-order valence-corrected chi connectivity index (χ1v) is 6.24. The fourth-order valence-corrected chi connectivity index (χ4v) is 1.94. The molecule has 0 bridgehead atoms. The summed E-state index contributed by atoms with van der Waals surface area (Å²) >= 11 is 0. The minimum absolute atomic E-state index is 0.152. The van der Waals surface area contributed by atoms with E-state index in [4.69, 9.17) is 0 Å². The molecule has 1 aromatic heterocycles. The number of nitrogens with one attached hydrogen (secondary N) is 1. The van der Waals surface area contributed by atoms with E-state index in [9.17, 15) is 9.59 Å². The van der Waals surface area contributed by atoms with Crippen molar-refractivity contribution >= 4 is 22.8 Å². The van der Waals surface area contributed by atoms with Crippen LogP contribution in [0.3, 0.4) is 0 Å². The minimum Gasteiger partial charge on any atom is -0.468 e. The number of esters is 1. The smallest absolute Gasteiger partial charge is 0.325 e. The number of hydrogen-bond acceptors (Lipinski definition) is 4. The van der Waals surface area contributed by atoms with Gasteiger partial charge in [-0.2, -0.15) is 0 Å². The molecular formula is C15H16N2O3. The van der Waals surface area contributed by atoms with Gasteiger partial charge in [-0.25, -0.2) is 0 Å². The van der Waals surface area contributed by atoms with Gasteiger partial charge in [-0.05, 0) is 32.0 Å². The highest BCUT2D eigenvalue weighted by Crippen LogP contribution is 2.18. The number of hydrogen-bond donors (Lipinski definition) is 1. The normalized spacial score (nSPS) is 10.3. The standard InChI is InChI=1S/C15H16N2O3/c1-9-4-5-13-11(6-9)7-12(10(2)17-13)15(19)16-8-14(18)20-3/h4-7H,8H2,1-3H3,(H,16,19). The van der Waals surface area contributed by atoms with Gasteiger partial charge in [0.1, 0.15) is 6.54 Å². The zero-order valence-electron chi connectivity index (χ0n) is 11.7. The van der Waals surface area contributed by atoms with Gasteiger partial charge < -0.3 is 10.1 Å². The molecule has 0 atom stereocenters. The zero-order valence-corrected chi connectivity index (χ0v) is 11.7. The van der Waals surface area contributed by atoms with Gasteiger partial charge in [0.2, 0.25) is 0 Å². The highest BCUT2D eigenvalue weighted by molar-refractivity contribution is 5.99. The van der Waals surface area contributed by atoms with E-state index in [1.165, 1.54) is 7.11 Å². The van der Waals surface area contributed by atoms with Crippen LogP contribution < -0.4 is 5.32 Å². The number of benzene rings is 1. The third kappa shape index (κ3) is 2.93. The number of fused-ring (bicyclic) bond motifs is 1. The lowest BCUT2D eigenvalue weighted by Crippen LogP contribution is -2.30. The summed E-state index contributed by atoms with van der Waals surface area (Å²) < 4.78 is 4.48. The van der Waals surface area contributed by atoms with Crippen LogP contribution in [-0.4, -0.2) is 30.5 Å². The number of carbonyl (C=O) groups is 2. The molecule has 0 radical (unpaired) electrons. The molecule has 20 heavy (non-hydrogen) atoms. The van der Waals surface area contributed by atoms with E-state index in [1.54, 1.807) is 13.0 Å². The highest BCUT2D eigenvalue weighted by Gasteiger charge is 2.13. The number of nitrogens with zero attached hydrogens (tertiary/aromatic N) is 1. The number of rotatable bonds is 3. The van der Waals surface area contributed by atoms with Crippen molar-refractivity contribution in [2.45, 2.75) is 13.8 Å². The first-order chi connectivity index (χ1) is 9.51. The Labute approximate surface area is 117 Å². The lowest BCUT2D eigenvalue weighted by molar-refractivity contribution is -0.139. The monoisotopic (exact) mass is 272 g/mol. The van der Waals surface area contributed by atoms with Crippen LogP contribution >= 0.6 is 0 Å². The van der Waals surface area contributed by atoms with Crippen molar-refractivity contribution in [2.75, 3.05) is 13.7 Å². The summed E-state index contributed by atoms with van der Waals surface area (Å²) in [6, 6.07) is 7.66. The van der Waals surface area contributed by atoms with Crippen LogP contribution in [0.25, 0.3) is 10.9 Å². The molecule has 0 saturated heterocycles. The first kappa shape index (κ1) is 14.0. The second-order valence-electron chi connectivity index (χ2n) is 4.58. The third-order valence-corrected chi connectivity index (χ3v) is 3.03. The van der Waals surface area contributed by atoms with Crippen LogP contribution in [0.15, 0.2) is 24.3 Å². The number of carbonyl (C=O) groups excluding carboxylic acids is 2. The average Bonchev–Trinajstić information content (AvgIpc) is 2.44. The molecule has 104 valence electrons. The predicted molar refractivity (Wildman–Crippen MR) is 75.6 cm³/mol. The largest absolute Gasteiger partial charge is 0.468 e. The molecule has 1 aromatic carbocycles. The summed E-state index contributed by atoms with van der Waals surface area (Å²) in [5.74, 6) is -0.815. The maximum absolute atomic E-state index is 12.1. The maximum Gasteiger partial charge on any atom is 0.325 e. The summed E-state index contributed by atoms with van der Waals surface area (Å²) in [5.41, 5.74) is 3.04. The number of aryl methyl sites for hydroxylation is 2. The van der Waals surface area contributed by atoms with E-state index in [2.05, 4.69) is 15.0 Å². The van der Waals surface area contributed by atoms with E-state index in [1.807, 2.05) is 25.1 Å². The lowest BCUT2D eigenvalue weighted by Gasteiger charge is -2.08. The third-order valence-electron chi connectivity index (χ3n) is 3.03. The van der Waals surface area contributed by atoms with Gasteiger partial charge in [-0.3, -0.25) is 14.6 Å². The van der Waals surface area contributed by atoms with Crippen molar-refractivity contribution in [1.82, 2.24) is 10.3 Å². The Kier molecular flexibility index (Phi) is 3.98. The van der Waals surface area contributed by atoms with Gasteiger partial charge in [0.05, 0.1) is 23.9 Å². The van der Waals surface area contributed by atoms with Crippen LogP contribution in [0, 0.1) is 13.8 Å². The van der Waals surface area contributed by atoms with Crippen molar-refractivity contribution in [1.29, 1.82) is 0 Å². The molecule has 0 aliphatic carbocycles. The molecule has 0 aliphatic rings. The Morgan fingerprint density at radius 2 is 2.00 bits per heavy atom. The Morgan fingerprint density at radius 1 is 1.25 bits per heavy atom. The number of methoxy groups -OCH3 is 1. The van der Waals surface area contributed by atoms with E-state index in [0.717, 1.165) is 16.5 Å². The number of pyridine rings is 1. The molecule has 1 N–H and O–H groups in total. The van der Waals surface area contributed by atoms with Crippen LogP contribution in [0.2, 0.25) is 0 Å². The van der Waals surface area contributed by atoms with Crippen molar-refractivity contribution in [3.63, 3.8) is 0 Å². The highest BCUT2D eigenvalue weighted by atomic mass is 16.5. The topological polar surface area (TPSA) is 68.3 Å². The van der Waals surface area contributed by atoms with Crippen molar-refractivity contribution < 1.29 is 14.3 Å². The van der Waals surface area contributed by atoms with Crippen LogP contribution in [-0.2, 0) is 9.53 Å². The molecule has 0 aliphatic heterocycles. The summed E-state index contributed by atoms with van der Waals surface area (Å²) in [6.45, 7) is 3.60. The fraction of sp³-hybridized carbons (Fsp3) is 0.267. The zero-order chi connectivity index (χ0) is 14.7. The summed E-state index contributed by atoms with van der Waals surface area (Å²) in [7, 11) is 1.28. The van der Waals surface area contributed by atoms with Crippen molar-refractivity contribution in [2.24, 2.45) is 0 Å². The van der Waals surface area contributed by atoms with Gasteiger partial charge in [0, 0.05) is 5.39 Å². The Hall–Kier alpha value is -2.43. The second kappa shape index (κ2) is 5.69. The van der Waals surface area contributed by atoms with E-state index >= 15 is 0 Å². The van der Waals surface area contributed by atoms with Gasteiger partial charge in [0.15, 0.2) is 0 Å². The molecule has 2 rings (SSSR count). The average molecular weight is 272 g/mol. The molecule has 0 unspecified atom stereocenters. The van der Waals surface area contributed by atoms with E-state index < -0.39 is 5.97 Å². The molecule has 0 saturated carbocycles. The molecular weight excluding hydrogens is 256 g/mol. The van der Waals surface area contributed by atoms with Crippen molar-refractivity contribution in [3.8, 4) is 0 Å². The summed E-state index contributed by atoms with van der Waals surface area (Å²) in [5, 5.41) is 3.42. The van der Waals surface area contributed by atoms with Crippen LogP contribution in [0.5, 0.6) is 0 Å². The molecule has 2 aromatic rings.